The van der Waals surface area contributed by atoms with Crippen molar-refractivity contribution in [3.8, 4) is 0 Å². The number of esters is 2. The van der Waals surface area contributed by atoms with Crippen LogP contribution in [0.25, 0.3) is 6.08 Å². The van der Waals surface area contributed by atoms with Crippen molar-refractivity contribution in [1.82, 2.24) is 0 Å². The topological polar surface area (TPSA) is 205 Å². The van der Waals surface area contributed by atoms with Gasteiger partial charge in [-0.25, -0.2) is 4.79 Å². The van der Waals surface area contributed by atoms with Crippen LogP contribution in [0.2, 0.25) is 0 Å². The van der Waals surface area contributed by atoms with Crippen LogP contribution in [0, 0.1) is 18.3 Å². The van der Waals surface area contributed by atoms with E-state index in [1.165, 1.54) is 13.8 Å². The lowest BCUT2D eigenvalue weighted by molar-refractivity contribution is -0.205. The molecule has 0 amide bonds. The number of aryl methyl sites for hydroxylation is 1. The lowest BCUT2D eigenvalue weighted by Crippen LogP contribution is -2.42. The van der Waals surface area contributed by atoms with E-state index in [0.29, 0.717) is 30.5 Å². The number of carboxylic acids is 1. The van der Waals surface area contributed by atoms with Gasteiger partial charge in [0, 0.05) is 69.4 Å². The molecule has 0 spiro atoms. The quantitative estimate of drug-likeness (QED) is 0.150. The average Bonchev–Trinajstić information content (AvgIpc) is 2.95. The summed E-state index contributed by atoms with van der Waals surface area (Å²) in [4.78, 5) is 43.6. The number of nitrogens with two attached hydrogens (primary N) is 1. The van der Waals surface area contributed by atoms with Crippen LogP contribution in [0.4, 0.5) is 4.53 Å². The van der Waals surface area contributed by atoms with Crippen molar-refractivity contribution in [1.29, 1.82) is 5.41 Å². The van der Waals surface area contributed by atoms with Crippen molar-refractivity contribution in [3.05, 3.63) is 52.2 Å². The summed E-state index contributed by atoms with van der Waals surface area (Å²) in [5.74, 6) is -2.75. The second-order valence-corrected chi connectivity index (χ2v) is 10.6. The normalized spacial score (nSPS) is 17.7. The number of aliphatic carboxylic acids is 1. The minimum atomic E-state index is -0.912. The maximum Gasteiger partial charge on any atom is 0.345 e. The number of halogens is 1. The van der Waals surface area contributed by atoms with Crippen molar-refractivity contribution in [2.45, 2.75) is 92.6 Å². The van der Waals surface area contributed by atoms with E-state index < -0.39 is 42.4 Å². The Morgan fingerprint density at radius 1 is 1.09 bits per heavy atom. The van der Waals surface area contributed by atoms with E-state index in [0.717, 1.165) is 30.5 Å². The monoisotopic (exact) mass is 654 g/mol. The zero-order valence-corrected chi connectivity index (χ0v) is 27.5. The van der Waals surface area contributed by atoms with Crippen LogP contribution in [-0.4, -0.2) is 71.7 Å². The van der Waals surface area contributed by atoms with Gasteiger partial charge in [0.1, 0.15) is 12.7 Å². The molecular weight excluding hydrogens is 607 g/mol. The number of allylic oxidation sites excluding steroid dienone is 1. The molecule has 46 heavy (non-hydrogen) atoms. The first-order chi connectivity index (χ1) is 21.5. The van der Waals surface area contributed by atoms with Crippen molar-refractivity contribution in [2.75, 3.05) is 13.2 Å². The molecule has 5 N–H and O–H groups in total. The first-order valence-corrected chi connectivity index (χ1v) is 14.6. The van der Waals surface area contributed by atoms with Crippen molar-refractivity contribution in [3.63, 3.8) is 0 Å². The summed E-state index contributed by atoms with van der Waals surface area (Å²) in [5, 5.41) is 25.1. The third-order valence-corrected chi connectivity index (χ3v) is 6.07. The summed E-state index contributed by atoms with van der Waals surface area (Å²) in [5.41, 5.74) is 10.6. The van der Waals surface area contributed by atoms with Gasteiger partial charge in [0.25, 0.3) is 5.97 Å². The molecule has 0 radical (unpaired) electrons. The predicted octanol–water partition coefficient (Wildman–Crippen LogP) is 4.32. The molecule has 14 heteroatoms. The second-order valence-electron chi connectivity index (χ2n) is 10.6. The molecule has 0 aliphatic carbocycles. The van der Waals surface area contributed by atoms with Crippen LogP contribution in [-0.2, 0) is 49.5 Å². The standard InChI is InChI=1S/C28H40N2O7.C2H3FO2.C2H4O2/c1-17(2)27(29)25(13-22-10-9-21(12-18(22)3)8-6-7-11-31)28(30)37-26-15-23(35-20(5)33)14-24(36-26)16-34-19(4)32;1-2(4)5-3;1-2(3)4/h6,8-10,12,17,23-24,26,30-31H,7,11,13-16,29H2,1-5H3;1H3;1H3,(H,3,4)/b8-6+,27-25-,30-28?;;. The van der Waals surface area contributed by atoms with E-state index in [4.69, 9.17) is 45.1 Å². The molecule has 0 bridgehead atoms. The highest BCUT2D eigenvalue weighted by atomic mass is 19.3. The zero-order chi connectivity index (χ0) is 35.4. The van der Waals surface area contributed by atoms with Crippen molar-refractivity contribution in [2.24, 2.45) is 11.7 Å². The summed E-state index contributed by atoms with van der Waals surface area (Å²) in [6.07, 6.45) is 3.56. The summed E-state index contributed by atoms with van der Waals surface area (Å²) < 4.78 is 32.6. The Bertz CT molecular complexity index is 1230. The van der Waals surface area contributed by atoms with Crippen LogP contribution in [0.1, 0.15) is 77.5 Å². The maximum atomic E-state index is 11.5. The molecule has 2 rings (SSSR count). The molecule has 3 atom stereocenters. The van der Waals surface area contributed by atoms with Gasteiger partial charge in [0.15, 0.2) is 0 Å². The number of aliphatic hydroxyl groups excluding tert-OH is 1. The molecule has 3 unspecified atom stereocenters. The Morgan fingerprint density at radius 3 is 2.17 bits per heavy atom. The van der Waals surface area contributed by atoms with Gasteiger partial charge in [0.2, 0.25) is 12.2 Å². The Morgan fingerprint density at radius 2 is 1.70 bits per heavy atom. The summed E-state index contributed by atoms with van der Waals surface area (Å²) in [6, 6.07) is 6.03. The number of hydrogen-bond donors (Lipinski definition) is 4. The van der Waals surface area contributed by atoms with Crippen LogP contribution in [0.3, 0.4) is 0 Å². The van der Waals surface area contributed by atoms with Crippen LogP contribution in [0.15, 0.2) is 35.5 Å². The Hall–Kier alpha value is -4.30. The van der Waals surface area contributed by atoms with Crippen molar-refractivity contribution >= 4 is 35.9 Å². The third kappa shape index (κ3) is 18.5. The highest BCUT2D eigenvalue weighted by molar-refractivity contribution is 5.92. The number of carboxylic acid groups (broad SMARTS) is 1. The molecule has 1 fully saturated rings. The Labute approximate surface area is 268 Å². The van der Waals surface area contributed by atoms with Crippen LogP contribution < -0.4 is 5.73 Å². The fraction of sp³-hybridized carbons (Fsp3) is 0.531. The number of ether oxygens (including phenoxy) is 4. The highest BCUT2D eigenvalue weighted by Gasteiger charge is 2.34. The van der Waals surface area contributed by atoms with Crippen molar-refractivity contribution < 1.29 is 57.8 Å². The number of carbonyl (C=O) groups excluding carboxylic acids is 3. The fourth-order valence-electron chi connectivity index (χ4n) is 4.02. The number of benzene rings is 1. The predicted molar refractivity (Wildman–Crippen MR) is 167 cm³/mol. The lowest BCUT2D eigenvalue weighted by atomic mass is 9.94. The number of rotatable bonds is 11. The average molecular weight is 655 g/mol. The minimum Gasteiger partial charge on any atom is -0.481 e. The van der Waals surface area contributed by atoms with Gasteiger partial charge in [-0.2, -0.15) is 0 Å². The first-order valence-electron chi connectivity index (χ1n) is 14.6. The molecule has 1 aliphatic heterocycles. The van der Waals surface area contributed by atoms with E-state index in [2.05, 4.69) is 4.94 Å². The number of aliphatic hydroxyl groups is 1. The van der Waals surface area contributed by atoms with E-state index in [1.807, 2.05) is 51.1 Å². The second kappa shape index (κ2) is 22.2. The molecule has 1 aliphatic rings. The molecule has 0 aromatic heterocycles. The summed E-state index contributed by atoms with van der Waals surface area (Å²) in [7, 11) is 0. The van der Waals surface area contributed by atoms with E-state index in [9.17, 15) is 18.9 Å². The largest absolute Gasteiger partial charge is 0.481 e. The molecule has 1 aromatic rings. The van der Waals surface area contributed by atoms with Gasteiger partial charge in [0.05, 0.1) is 6.10 Å². The summed E-state index contributed by atoms with van der Waals surface area (Å²) >= 11 is 0. The first kappa shape index (κ1) is 41.7. The minimum absolute atomic E-state index is 0.00455. The molecule has 258 valence electrons. The van der Waals surface area contributed by atoms with Gasteiger partial charge in [-0.3, -0.25) is 24.7 Å². The van der Waals surface area contributed by atoms with E-state index >= 15 is 0 Å². The SMILES string of the molecule is CC(=O)O.CC(=O)OCC1CC(OC(C)=O)CC(OC(=N)/C(Cc2ccc(/C=C/CCO)cc2C)=C(\N)C(C)C)O1.CC(=O)OF. The highest BCUT2D eigenvalue weighted by Crippen LogP contribution is 2.27. The fourth-order valence-corrected chi connectivity index (χ4v) is 4.02. The van der Waals surface area contributed by atoms with Gasteiger partial charge >= 0.3 is 17.9 Å². The third-order valence-electron chi connectivity index (χ3n) is 6.07. The zero-order valence-electron chi connectivity index (χ0n) is 27.5. The maximum absolute atomic E-state index is 11.5. The smallest absolute Gasteiger partial charge is 0.345 e. The van der Waals surface area contributed by atoms with E-state index in [1.54, 1.807) is 0 Å². The van der Waals surface area contributed by atoms with Crippen LogP contribution >= 0.6 is 0 Å². The Kier molecular flexibility index (Phi) is 20.2. The van der Waals surface area contributed by atoms with E-state index in [-0.39, 0.29) is 31.5 Å². The Balaban J connectivity index is 0.00000198. The molecule has 1 saturated heterocycles. The number of hydrogen-bond acceptors (Lipinski definition) is 12. The molecule has 1 aromatic carbocycles. The molecule has 1 heterocycles. The number of carbonyl (C=O) groups is 4. The molecular formula is C32H47FN2O11. The number of nitrogens with one attached hydrogen (secondary N) is 1. The summed E-state index contributed by atoms with van der Waals surface area (Å²) in [6.45, 7) is 10.7. The van der Waals surface area contributed by atoms with Gasteiger partial charge in [-0.05, 0) is 36.0 Å². The molecule has 13 nitrogen and oxygen atoms in total. The van der Waals surface area contributed by atoms with Gasteiger partial charge < -0.3 is 34.9 Å². The molecule has 0 saturated carbocycles. The van der Waals surface area contributed by atoms with Gasteiger partial charge in [-0.1, -0.05) is 44.2 Å². The lowest BCUT2D eigenvalue weighted by Gasteiger charge is -2.34. The van der Waals surface area contributed by atoms with Gasteiger partial charge in [-0.15, -0.1) is 0 Å². The van der Waals surface area contributed by atoms with Crippen LogP contribution in [0.5, 0.6) is 0 Å².